The summed E-state index contributed by atoms with van der Waals surface area (Å²) in [7, 11) is 1.81. The lowest BCUT2D eigenvalue weighted by molar-refractivity contribution is 0.0789. The van der Waals surface area contributed by atoms with Crippen LogP contribution >= 0.6 is 11.3 Å². The van der Waals surface area contributed by atoms with Gasteiger partial charge in [0.05, 0.1) is 10.3 Å². The van der Waals surface area contributed by atoms with Crippen LogP contribution in [0.15, 0.2) is 29.1 Å². The highest BCUT2D eigenvalue weighted by molar-refractivity contribution is 7.20. The summed E-state index contributed by atoms with van der Waals surface area (Å²) in [5.41, 5.74) is 3.07. The van der Waals surface area contributed by atoms with Crippen LogP contribution in [0.3, 0.4) is 0 Å². The molecule has 0 saturated heterocycles. The molecule has 0 fully saturated rings. The van der Waals surface area contributed by atoms with Crippen molar-refractivity contribution >= 4 is 27.5 Å². The molecule has 0 aliphatic carbocycles. The minimum absolute atomic E-state index is 0.0104. The third-order valence-corrected chi connectivity index (χ3v) is 6.79. The topological polar surface area (TPSA) is 55.2 Å². The Kier molecular flexibility index (Phi) is 5.06. The van der Waals surface area contributed by atoms with Crippen molar-refractivity contribution in [2.45, 2.75) is 52.6 Å². The number of aromatic nitrogens is 2. The molecule has 0 N–H and O–H groups in total. The maximum atomic E-state index is 13.1. The molecule has 0 bridgehead atoms. The van der Waals surface area contributed by atoms with E-state index >= 15 is 0 Å². The van der Waals surface area contributed by atoms with E-state index in [0.717, 1.165) is 49.2 Å². The summed E-state index contributed by atoms with van der Waals surface area (Å²) in [6.45, 7) is 5.20. The lowest BCUT2D eigenvalue weighted by Gasteiger charge is -2.18. The molecule has 0 unspecified atom stereocenters. The maximum absolute atomic E-state index is 13.1. The number of benzene rings is 1. The van der Waals surface area contributed by atoms with Gasteiger partial charge in [-0.2, -0.15) is 0 Å². The van der Waals surface area contributed by atoms with Crippen molar-refractivity contribution in [3.8, 4) is 0 Å². The number of fused-ring (bicyclic) bond motifs is 2. The van der Waals surface area contributed by atoms with Crippen LogP contribution in [0.25, 0.3) is 10.2 Å². The Bertz CT molecular complexity index is 1110. The van der Waals surface area contributed by atoms with Crippen molar-refractivity contribution in [1.82, 2.24) is 14.5 Å². The second-order valence-electron chi connectivity index (χ2n) is 7.62. The van der Waals surface area contributed by atoms with Crippen LogP contribution in [0.5, 0.6) is 0 Å². The smallest absolute Gasteiger partial charge is 0.264 e. The molecule has 4 rings (SSSR count). The molecular formula is C22H25N3O2S. The molecule has 28 heavy (non-hydrogen) atoms. The van der Waals surface area contributed by atoms with Gasteiger partial charge in [-0.15, -0.1) is 11.3 Å². The highest BCUT2D eigenvalue weighted by atomic mass is 32.1. The van der Waals surface area contributed by atoms with Gasteiger partial charge in [0.2, 0.25) is 0 Å². The standard InChI is InChI=1S/C22H25N3O2S/c1-14-9-6-7-10-16(14)13-24(3)22(27)19-15(2)18-20(28-19)23-17-11-5-4-8-12-25(17)21(18)26/h6-7,9-10H,4-5,8,11-13H2,1-3H3. The molecule has 1 amide bonds. The predicted octanol–water partition coefficient (Wildman–Crippen LogP) is 4.07. The average Bonchev–Trinajstić information content (AvgIpc) is 2.85. The Morgan fingerprint density at radius 3 is 2.79 bits per heavy atom. The third-order valence-electron chi connectivity index (χ3n) is 5.62. The van der Waals surface area contributed by atoms with Gasteiger partial charge in [0.1, 0.15) is 10.7 Å². The maximum Gasteiger partial charge on any atom is 0.264 e. The predicted molar refractivity (Wildman–Crippen MR) is 113 cm³/mol. The summed E-state index contributed by atoms with van der Waals surface area (Å²) in [5.74, 6) is 0.812. The number of carbonyl (C=O) groups is 1. The molecular weight excluding hydrogens is 370 g/mol. The van der Waals surface area contributed by atoms with Crippen molar-refractivity contribution < 1.29 is 4.79 Å². The molecule has 2 aromatic heterocycles. The zero-order valence-corrected chi connectivity index (χ0v) is 17.4. The average molecular weight is 396 g/mol. The zero-order valence-electron chi connectivity index (χ0n) is 16.6. The molecule has 0 saturated carbocycles. The highest BCUT2D eigenvalue weighted by Gasteiger charge is 2.24. The van der Waals surface area contributed by atoms with Crippen LogP contribution < -0.4 is 5.56 Å². The van der Waals surface area contributed by atoms with Crippen LogP contribution in [-0.4, -0.2) is 27.4 Å². The van der Waals surface area contributed by atoms with Crippen molar-refractivity contribution in [1.29, 1.82) is 0 Å². The lowest BCUT2D eigenvalue weighted by atomic mass is 10.1. The summed E-state index contributed by atoms with van der Waals surface area (Å²) in [6.07, 6.45) is 4.03. The van der Waals surface area contributed by atoms with E-state index in [1.54, 1.807) is 4.90 Å². The molecule has 146 valence electrons. The Hall–Kier alpha value is -2.47. The summed E-state index contributed by atoms with van der Waals surface area (Å²) < 4.78 is 1.82. The normalized spacial score (nSPS) is 14.0. The molecule has 5 nitrogen and oxygen atoms in total. The Labute approximate surface area is 168 Å². The summed E-state index contributed by atoms with van der Waals surface area (Å²) in [4.78, 5) is 34.0. The quantitative estimate of drug-likeness (QED) is 0.672. The largest absolute Gasteiger partial charge is 0.337 e. The number of thiophene rings is 1. The van der Waals surface area contributed by atoms with E-state index in [4.69, 9.17) is 4.98 Å². The van der Waals surface area contributed by atoms with E-state index in [-0.39, 0.29) is 11.5 Å². The van der Waals surface area contributed by atoms with E-state index in [2.05, 4.69) is 13.0 Å². The Morgan fingerprint density at radius 2 is 2.00 bits per heavy atom. The summed E-state index contributed by atoms with van der Waals surface area (Å²) in [6, 6.07) is 8.08. The van der Waals surface area contributed by atoms with Crippen LogP contribution in [0.2, 0.25) is 0 Å². The number of carbonyl (C=O) groups excluding carboxylic acids is 1. The molecule has 0 spiro atoms. The van der Waals surface area contributed by atoms with E-state index < -0.39 is 0 Å². The van der Waals surface area contributed by atoms with Gasteiger partial charge >= 0.3 is 0 Å². The Balaban J connectivity index is 1.72. The molecule has 0 atom stereocenters. The van der Waals surface area contributed by atoms with Gasteiger partial charge in [-0.3, -0.25) is 14.2 Å². The van der Waals surface area contributed by atoms with E-state index in [9.17, 15) is 9.59 Å². The van der Waals surface area contributed by atoms with Gasteiger partial charge in [0.15, 0.2) is 0 Å². The zero-order chi connectivity index (χ0) is 19.8. The van der Waals surface area contributed by atoms with Gasteiger partial charge in [-0.25, -0.2) is 4.98 Å². The SMILES string of the molecule is Cc1ccccc1CN(C)C(=O)c1sc2nc3n(c(=O)c2c1C)CCCCC3. The van der Waals surface area contributed by atoms with Crippen LogP contribution in [-0.2, 0) is 19.5 Å². The molecule has 0 radical (unpaired) electrons. The van der Waals surface area contributed by atoms with Crippen LogP contribution in [0, 0.1) is 13.8 Å². The molecule has 1 aliphatic heterocycles. The first-order chi connectivity index (χ1) is 13.5. The fourth-order valence-electron chi connectivity index (χ4n) is 3.90. The monoisotopic (exact) mass is 395 g/mol. The fraction of sp³-hybridized carbons (Fsp3) is 0.409. The second-order valence-corrected chi connectivity index (χ2v) is 8.62. The van der Waals surface area contributed by atoms with Crippen LogP contribution in [0.4, 0.5) is 0 Å². The van der Waals surface area contributed by atoms with Crippen molar-refractivity contribution in [3.05, 3.63) is 62.0 Å². The minimum Gasteiger partial charge on any atom is -0.337 e. The number of hydrogen-bond acceptors (Lipinski definition) is 4. The van der Waals surface area contributed by atoms with Crippen molar-refractivity contribution in [2.24, 2.45) is 0 Å². The first kappa shape index (κ1) is 18.9. The van der Waals surface area contributed by atoms with E-state index in [0.29, 0.717) is 21.6 Å². The minimum atomic E-state index is -0.0525. The van der Waals surface area contributed by atoms with Gasteiger partial charge < -0.3 is 4.90 Å². The number of aryl methyl sites for hydroxylation is 3. The number of amides is 1. The van der Waals surface area contributed by atoms with Gasteiger partial charge in [-0.1, -0.05) is 30.7 Å². The van der Waals surface area contributed by atoms with Crippen molar-refractivity contribution in [3.63, 3.8) is 0 Å². The number of hydrogen-bond donors (Lipinski definition) is 0. The van der Waals surface area contributed by atoms with Gasteiger partial charge in [-0.05, 0) is 43.4 Å². The van der Waals surface area contributed by atoms with Gasteiger partial charge in [0.25, 0.3) is 11.5 Å². The number of nitrogens with zero attached hydrogens (tertiary/aromatic N) is 3. The summed E-state index contributed by atoms with van der Waals surface area (Å²) >= 11 is 1.35. The third kappa shape index (κ3) is 3.26. The van der Waals surface area contributed by atoms with Crippen molar-refractivity contribution in [2.75, 3.05) is 7.05 Å². The molecule has 1 aliphatic rings. The molecule has 6 heteroatoms. The fourth-order valence-corrected chi connectivity index (χ4v) is 5.09. The van der Waals surface area contributed by atoms with E-state index in [1.807, 2.05) is 36.7 Å². The second kappa shape index (κ2) is 7.51. The first-order valence-corrected chi connectivity index (χ1v) is 10.6. The molecule has 3 aromatic rings. The summed E-state index contributed by atoms with van der Waals surface area (Å²) in [5, 5.41) is 0.614. The molecule has 1 aromatic carbocycles. The molecule has 3 heterocycles. The Morgan fingerprint density at radius 1 is 1.21 bits per heavy atom. The van der Waals surface area contributed by atoms with E-state index in [1.165, 1.54) is 16.9 Å². The number of rotatable bonds is 3. The van der Waals surface area contributed by atoms with Crippen LogP contribution in [0.1, 0.15) is 51.4 Å². The first-order valence-electron chi connectivity index (χ1n) is 9.80. The lowest BCUT2D eigenvalue weighted by Crippen LogP contribution is -2.27. The highest BCUT2D eigenvalue weighted by Crippen LogP contribution is 2.29. The van der Waals surface area contributed by atoms with Gasteiger partial charge in [0, 0.05) is 26.6 Å².